The quantitative estimate of drug-likeness (QED) is 0.358. The maximum Gasteiger partial charge on any atom is 0.250 e. The van der Waals surface area contributed by atoms with E-state index in [0.29, 0.717) is 18.1 Å². The molecular formula is C20H22N4O3S. The van der Waals surface area contributed by atoms with Crippen LogP contribution in [0.1, 0.15) is 12.5 Å². The first-order chi connectivity index (χ1) is 13.6. The molecule has 2 aromatic carbocycles. The summed E-state index contributed by atoms with van der Waals surface area (Å²) in [4.78, 5) is 16.7. The van der Waals surface area contributed by atoms with E-state index < -0.39 is 0 Å². The lowest BCUT2D eigenvalue weighted by Gasteiger charge is -2.11. The van der Waals surface area contributed by atoms with Gasteiger partial charge in [-0.1, -0.05) is 30.0 Å². The number of benzene rings is 2. The van der Waals surface area contributed by atoms with Crippen LogP contribution in [0.5, 0.6) is 11.5 Å². The van der Waals surface area contributed by atoms with Crippen LogP contribution in [-0.2, 0) is 11.8 Å². The van der Waals surface area contributed by atoms with Crippen molar-refractivity contribution in [2.45, 2.75) is 12.1 Å². The number of rotatable bonds is 8. The van der Waals surface area contributed by atoms with Crippen molar-refractivity contribution in [1.82, 2.24) is 15.0 Å². The van der Waals surface area contributed by atoms with Crippen LogP contribution >= 0.6 is 11.8 Å². The van der Waals surface area contributed by atoms with E-state index >= 15 is 0 Å². The number of hydrogen-bond acceptors (Lipinski definition) is 6. The second-order valence-electron chi connectivity index (χ2n) is 5.84. The highest BCUT2D eigenvalue weighted by Gasteiger charge is 2.11. The predicted molar refractivity (Wildman–Crippen MR) is 111 cm³/mol. The van der Waals surface area contributed by atoms with E-state index in [-0.39, 0.29) is 11.7 Å². The highest BCUT2D eigenvalue weighted by molar-refractivity contribution is 7.99. The number of nitrogens with one attached hydrogen (secondary N) is 1. The molecule has 1 N–H and O–H groups in total. The minimum atomic E-state index is -0.214. The summed E-state index contributed by atoms with van der Waals surface area (Å²) in [5.74, 6) is 1.22. The Balaban J connectivity index is 1.60. The molecule has 3 rings (SSSR count). The number of thioether (sulfide) groups is 1. The molecule has 0 bridgehead atoms. The monoisotopic (exact) mass is 398 g/mol. The van der Waals surface area contributed by atoms with Crippen LogP contribution in [0.2, 0.25) is 0 Å². The van der Waals surface area contributed by atoms with E-state index in [9.17, 15) is 4.79 Å². The molecule has 0 aliphatic heterocycles. The molecule has 1 amide bonds. The molecule has 0 radical (unpaired) electrons. The fourth-order valence-electron chi connectivity index (χ4n) is 2.68. The van der Waals surface area contributed by atoms with Crippen molar-refractivity contribution in [2.24, 2.45) is 12.1 Å². The molecule has 0 unspecified atom stereocenters. The van der Waals surface area contributed by atoms with Crippen LogP contribution < -0.4 is 14.9 Å². The molecule has 0 aliphatic carbocycles. The lowest BCUT2D eigenvalue weighted by molar-refractivity contribution is -0.118. The molecule has 8 heteroatoms. The normalized spacial score (nSPS) is 11.1. The van der Waals surface area contributed by atoms with Crippen molar-refractivity contribution in [3.05, 3.63) is 48.0 Å². The van der Waals surface area contributed by atoms with Crippen molar-refractivity contribution in [3.8, 4) is 11.5 Å². The van der Waals surface area contributed by atoms with Gasteiger partial charge in [0.2, 0.25) is 0 Å². The summed E-state index contributed by atoms with van der Waals surface area (Å²) in [5.41, 5.74) is 5.21. The third kappa shape index (κ3) is 4.45. The van der Waals surface area contributed by atoms with E-state index in [0.717, 1.165) is 21.8 Å². The Labute approximate surface area is 167 Å². The Morgan fingerprint density at radius 2 is 2.11 bits per heavy atom. The van der Waals surface area contributed by atoms with Gasteiger partial charge in [0.05, 0.1) is 36.7 Å². The number of methoxy groups -OCH3 is 1. The van der Waals surface area contributed by atoms with Gasteiger partial charge < -0.3 is 14.0 Å². The number of imidazole rings is 1. The molecule has 0 spiro atoms. The molecule has 3 aromatic rings. The van der Waals surface area contributed by atoms with Crippen molar-refractivity contribution in [1.29, 1.82) is 0 Å². The summed E-state index contributed by atoms with van der Waals surface area (Å²) in [5, 5.41) is 4.82. The van der Waals surface area contributed by atoms with Crippen LogP contribution in [-0.4, -0.2) is 41.1 Å². The number of fused-ring (bicyclic) bond motifs is 1. The Morgan fingerprint density at radius 1 is 1.29 bits per heavy atom. The Bertz CT molecular complexity index is 1000. The topological polar surface area (TPSA) is 77.7 Å². The van der Waals surface area contributed by atoms with Crippen LogP contribution in [0.3, 0.4) is 0 Å². The molecule has 146 valence electrons. The van der Waals surface area contributed by atoms with Gasteiger partial charge in [-0.15, -0.1) is 0 Å². The maximum absolute atomic E-state index is 12.1. The molecule has 0 fully saturated rings. The first-order valence-corrected chi connectivity index (χ1v) is 9.78. The van der Waals surface area contributed by atoms with E-state index in [1.165, 1.54) is 11.8 Å². The van der Waals surface area contributed by atoms with Gasteiger partial charge in [0, 0.05) is 12.6 Å². The van der Waals surface area contributed by atoms with Gasteiger partial charge in [-0.25, -0.2) is 10.4 Å². The summed E-state index contributed by atoms with van der Waals surface area (Å²) in [7, 11) is 3.52. The number of para-hydroxylation sites is 3. The second kappa shape index (κ2) is 9.27. The lowest BCUT2D eigenvalue weighted by atomic mass is 10.2. The van der Waals surface area contributed by atoms with E-state index in [1.54, 1.807) is 13.3 Å². The van der Waals surface area contributed by atoms with Crippen LogP contribution in [0.25, 0.3) is 11.0 Å². The molecule has 7 nitrogen and oxygen atoms in total. The van der Waals surface area contributed by atoms with E-state index in [2.05, 4.69) is 15.5 Å². The summed E-state index contributed by atoms with van der Waals surface area (Å²) >= 11 is 1.37. The summed E-state index contributed by atoms with van der Waals surface area (Å²) < 4.78 is 12.9. The zero-order chi connectivity index (χ0) is 19.9. The van der Waals surface area contributed by atoms with E-state index in [1.807, 2.05) is 61.0 Å². The number of hydrogen-bond donors (Lipinski definition) is 1. The highest BCUT2D eigenvalue weighted by Crippen LogP contribution is 2.30. The number of aryl methyl sites for hydroxylation is 1. The average molecular weight is 398 g/mol. The Hall–Kier alpha value is -3.00. The SMILES string of the molecule is CCOc1c(/C=N\NC(=O)CSc2nc3ccccc3n2C)cccc1OC. The molecule has 0 atom stereocenters. The number of carbonyl (C=O) groups is 1. The smallest absolute Gasteiger partial charge is 0.250 e. The Morgan fingerprint density at radius 3 is 2.86 bits per heavy atom. The third-order valence-corrected chi connectivity index (χ3v) is 5.02. The molecule has 28 heavy (non-hydrogen) atoms. The van der Waals surface area contributed by atoms with Crippen molar-refractivity contribution >= 4 is 34.9 Å². The van der Waals surface area contributed by atoms with Crippen LogP contribution in [0, 0.1) is 0 Å². The van der Waals surface area contributed by atoms with Gasteiger partial charge in [0.15, 0.2) is 16.7 Å². The Kier molecular flexibility index (Phi) is 6.54. The molecular weight excluding hydrogens is 376 g/mol. The summed E-state index contributed by atoms with van der Waals surface area (Å²) in [6.07, 6.45) is 1.55. The number of amides is 1. The van der Waals surface area contributed by atoms with Gasteiger partial charge in [0.25, 0.3) is 5.91 Å². The maximum atomic E-state index is 12.1. The second-order valence-corrected chi connectivity index (χ2v) is 6.78. The van der Waals surface area contributed by atoms with Crippen molar-refractivity contribution in [3.63, 3.8) is 0 Å². The average Bonchev–Trinajstić information content (AvgIpc) is 3.03. The minimum absolute atomic E-state index is 0.213. The fraction of sp³-hybridized carbons (Fsp3) is 0.250. The van der Waals surface area contributed by atoms with Crippen LogP contribution in [0.15, 0.2) is 52.7 Å². The molecule has 1 heterocycles. The van der Waals surface area contributed by atoms with Gasteiger partial charge in [-0.3, -0.25) is 4.79 Å². The molecule has 0 aliphatic rings. The lowest BCUT2D eigenvalue weighted by Crippen LogP contribution is -2.20. The summed E-state index contributed by atoms with van der Waals surface area (Å²) in [6, 6.07) is 13.4. The van der Waals surface area contributed by atoms with Gasteiger partial charge in [-0.2, -0.15) is 5.10 Å². The molecule has 0 saturated heterocycles. The molecule has 0 saturated carbocycles. The fourth-order valence-corrected chi connectivity index (χ4v) is 3.46. The first-order valence-electron chi connectivity index (χ1n) is 8.80. The van der Waals surface area contributed by atoms with Crippen LogP contribution in [0.4, 0.5) is 0 Å². The standard InChI is InChI=1S/C20H22N4O3S/c1-4-27-19-14(8-7-11-17(19)26-3)12-21-23-18(25)13-28-20-22-15-9-5-6-10-16(15)24(20)2/h5-12H,4,13H2,1-3H3,(H,23,25)/b21-12-. The largest absolute Gasteiger partial charge is 0.493 e. The number of carbonyl (C=O) groups excluding carboxylic acids is 1. The molecule has 1 aromatic heterocycles. The van der Waals surface area contributed by atoms with Gasteiger partial charge >= 0.3 is 0 Å². The summed E-state index contributed by atoms with van der Waals surface area (Å²) in [6.45, 7) is 2.40. The number of ether oxygens (including phenoxy) is 2. The predicted octanol–water partition coefficient (Wildman–Crippen LogP) is 3.22. The third-order valence-electron chi connectivity index (χ3n) is 3.99. The zero-order valence-corrected chi connectivity index (χ0v) is 16.8. The first kappa shape index (κ1) is 19.8. The van der Waals surface area contributed by atoms with Gasteiger partial charge in [0.1, 0.15) is 0 Å². The van der Waals surface area contributed by atoms with Gasteiger partial charge in [-0.05, 0) is 31.2 Å². The number of aromatic nitrogens is 2. The van der Waals surface area contributed by atoms with E-state index in [4.69, 9.17) is 9.47 Å². The minimum Gasteiger partial charge on any atom is -0.493 e. The number of hydrazone groups is 1. The zero-order valence-electron chi connectivity index (χ0n) is 16.0. The van der Waals surface area contributed by atoms with Crippen molar-refractivity contribution < 1.29 is 14.3 Å². The van der Waals surface area contributed by atoms with Crippen molar-refractivity contribution in [2.75, 3.05) is 19.5 Å². The number of nitrogens with zero attached hydrogens (tertiary/aromatic N) is 3. The highest BCUT2D eigenvalue weighted by atomic mass is 32.2.